The molecule has 0 aromatic carbocycles. The summed E-state index contributed by atoms with van der Waals surface area (Å²) in [5, 5.41) is 6.39. The average Bonchev–Trinajstić information content (AvgIpc) is 2.18. The van der Waals surface area contributed by atoms with Gasteiger partial charge >= 0.3 is 0 Å². The summed E-state index contributed by atoms with van der Waals surface area (Å²) in [5.74, 6) is 0. The predicted molar refractivity (Wildman–Crippen MR) is 65.4 cm³/mol. The van der Waals surface area contributed by atoms with E-state index < -0.39 is 0 Å². The van der Waals surface area contributed by atoms with E-state index in [1.165, 1.54) is 0 Å². The molecule has 84 valence electrons. The first-order valence-corrected chi connectivity index (χ1v) is 5.39. The van der Waals surface area contributed by atoms with E-state index in [2.05, 4.69) is 48.5 Å². The molecule has 0 spiro atoms. The first-order chi connectivity index (χ1) is 7.04. The molecule has 15 heavy (non-hydrogen) atoms. The maximum Gasteiger partial charge on any atom is 0.0527 e. The fraction of sp³-hybridized carbons (Fsp3) is 0.583. The van der Waals surface area contributed by atoms with E-state index in [1.807, 2.05) is 13.2 Å². The lowest BCUT2D eigenvalue weighted by atomic mass is 9.92. The van der Waals surface area contributed by atoms with Crippen LogP contribution in [0.4, 0.5) is 5.69 Å². The molecule has 0 radical (unpaired) electrons. The van der Waals surface area contributed by atoms with Crippen molar-refractivity contribution in [3.63, 3.8) is 0 Å². The van der Waals surface area contributed by atoms with Crippen molar-refractivity contribution in [3.05, 3.63) is 24.0 Å². The molecule has 0 amide bonds. The Balaban J connectivity index is 2.57. The highest BCUT2D eigenvalue weighted by atomic mass is 14.9. The van der Waals surface area contributed by atoms with Crippen molar-refractivity contribution in [2.24, 2.45) is 0 Å². The van der Waals surface area contributed by atoms with E-state index in [1.54, 1.807) is 0 Å². The summed E-state index contributed by atoms with van der Waals surface area (Å²) in [7, 11) is 1.95. The Bertz CT molecular complexity index is 285. The normalized spacial score (nSPS) is 11.5. The summed E-state index contributed by atoms with van der Waals surface area (Å²) < 4.78 is 0. The second-order valence-corrected chi connectivity index (χ2v) is 4.71. The number of nitrogens with zero attached hydrogens (tertiary/aromatic N) is 1. The van der Waals surface area contributed by atoms with Gasteiger partial charge in [-0.3, -0.25) is 4.98 Å². The number of pyridine rings is 1. The lowest BCUT2D eigenvalue weighted by molar-refractivity contribution is 0.569. The van der Waals surface area contributed by atoms with Gasteiger partial charge in [-0.15, -0.1) is 0 Å². The van der Waals surface area contributed by atoms with Gasteiger partial charge in [-0.05, 0) is 19.2 Å². The average molecular weight is 207 g/mol. The van der Waals surface area contributed by atoms with Crippen LogP contribution < -0.4 is 10.6 Å². The van der Waals surface area contributed by atoms with E-state index >= 15 is 0 Å². The molecule has 3 heteroatoms. The van der Waals surface area contributed by atoms with E-state index in [4.69, 9.17) is 0 Å². The Labute approximate surface area is 92.3 Å². The zero-order valence-corrected chi connectivity index (χ0v) is 10.1. The van der Waals surface area contributed by atoms with E-state index in [0.717, 1.165) is 24.5 Å². The molecule has 1 heterocycles. The highest BCUT2D eigenvalue weighted by Gasteiger charge is 2.14. The molecule has 0 aliphatic rings. The highest BCUT2D eigenvalue weighted by molar-refractivity contribution is 5.41. The Morgan fingerprint density at radius 3 is 2.40 bits per heavy atom. The van der Waals surface area contributed by atoms with Gasteiger partial charge in [-0.25, -0.2) is 0 Å². The molecule has 0 fully saturated rings. The molecule has 0 unspecified atom stereocenters. The van der Waals surface area contributed by atoms with Crippen LogP contribution in [0.3, 0.4) is 0 Å². The van der Waals surface area contributed by atoms with Crippen LogP contribution in [0.15, 0.2) is 18.3 Å². The lowest BCUT2D eigenvalue weighted by Gasteiger charge is -2.17. The smallest absolute Gasteiger partial charge is 0.0527 e. The molecule has 1 aromatic heterocycles. The Morgan fingerprint density at radius 1 is 1.20 bits per heavy atom. The Morgan fingerprint density at radius 2 is 1.93 bits per heavy atom. The molecule has 0 aliphatic heterocycles. The van der Waals surface area contributed by atoms with Crippen molar-refractivity contribution < 1.29 is 0 Å². The SMILES string of the molecule is CNCCNc1ccc(C(C)(C)C)nc1. The van der Waals surface area contributed by atoms with Crippen LogP contribution in [0.2, 0.25) is 0 Å². The standard InChI is InChI=1S/C12H21N3/c1-12(2,3)11-6-5-10(9-15-11)14-8-7-13-4/h5-6,9,13-14H,7-8H2,1-4H3. The minimum absolute atomic E-state index is 0.128. The molecule has 1 aromatic rings. The lowest BCUT2D eigenvalue weighted by Crippen LogP contribution is -2.18. The molecule has 3 nitrogen and oxygen atoms in total. The number of nitrogens with one attached hydrogen (secondary N) is 2. The van der Waals surface area contributed by atoms with Crippen molar-refractivity contribution in [1.29, 1.82) is 0 Å². The number of likely N-dealkylation sites (N-methyl/N-ethyl adjacent to an activating group) is 1. The maximum atomic E-state index is 4.45. The molecule has 0 bridgehead atoms. The monoisotopic (exact) mass is 207 g/mol. The number of anilines is 1. The van der Waals surface area contributed by atoms with E-state index in [9.17, 15) is 0 Å². The van der Waals surface area contributed by atoms with Crippen LogP contribution in [0, 0.1) is 0 Å². The number of aromatic nitrogens is 1. The van der Waals surface area contributed by atoms with Crippen LogP contribution in [-0.4, -0.2) is 25.1 Å². The summed E-state index contributed by atoms with van der Waals surface area (Å²) in [5.41, 5.74) is 2.34. The zero-order chi connectivity index (χ0) is 11.3. The highest BCUT2D eigenvalue weighted by Crippen LogP contribution is 2.20. The molecule has 0 aliphatic carbocycles. The third kappa shape index (κ3) is 3.88. The summed E-state index contributed by atoms with van der Waals surface area (Å²) in [6.07, 6.45) is 1.90. The minimum Gasteiger partial charge on any atom is -0.383 e. The molecule has 2 N–H and O–H groups in total. The predicted octanol–water partition coefficient (Wildman–Crippen LogP) is 2.01. The number of hydrogen-bond acceptors (Lipinski definition) is 3. The van der Waals surface area contributed by atoms with Crippen LogP contribution in [0.5, 0.6) is 0 Å². The van der Waals surface area contributed by atoms with Crippen molar-refractivity contribution in [2.75, 3.05) is 25.5 Å². The minimum atomic E-state index is 0.128. The third-order valence-corrected chi connectivity index (χ3v) is 2.24. The number of rotatable bonds is 4. The quantitative estimate of drug-likeness (QED) is 0.742. The fourth-order valence-electron chi connectivity index (χ4n) is 1.27. The molecule has 0 atom stereocenters. The van der Waals surface area contributed by atoms with Crippen molar-refractivity contribution in [2.45, 2.75) is 26.2 Å². The summed E-state index contributed by atoms with van der Waals surface area (Å²) >= 11 is 0. The van der Waals surface area contributed by atoms with Crippen LogP contribution in [-0.2, 0) is 5.41 Å². The van der Waals surface area contributed by atoms with Gasteiger partial charge in [-0.2, -0.15) is 0 Å². The van der Waals surface area contributed by atoms with Crippen molar-refractivity contribution in [1.82, 2.24) is 10.3 Å². The van der Waals surface area contributed by atoms with E-state index in [0.29, 0.717) is 0 Å². The van der Waals surface area contributed by atoms with Gasteiger partial charge in [0.15, 0.2) is 0 Å². The summed E-state index contributed by atoms with van der Waals surface area (Å²) in [6.45, 7) is 8.39. The topological polar surface area (TPSA) is 37.0 Å². The number of hydrogen-bond donors (Lipinski definition) is 2. The summed E-state index contributed by atoms with van der Waals surface area (Å²) in [4.78, 5) is 4.45. The Kier molecular flexibility index (Phi) is 4.09. The van der Waals surface area contributed by atoms with E-state index in [-0.39, 0.29) is 5.41 Å². The first-order valence-electron chi connectivity index (χ1n) is 5.39. The van der Waals surface area contributed by atoms with Gasteiger partial charge in [0.05, 0.1) is 11.9 Å². The van der Waals surface area contributed by atoms with Gasteiger partial charge < -0.3 is 10.6 Å². The van der Waals surface area contributed by atoms with Gasteiger partial charge in [-0.1, -0.05) is 20.8 Å². The molecule has 1 rings (SSSR count). The van der Waals surface area contributed by atoms with Gasteiger partial charge in [0.2, 0.25) is 0 Å². The maximum absolute atomic E-state index is 4.45. The second kappa shape index (κ2) is 5.12. The zero-order valence-electron chi connectivity index (χ0n) is 10.1. The third-order valence-electron chi connectivity index (χ3n) is 2.24. The van der Waals surface area contributed by atoms with Crippen molar-refractivity contribution in [3.8, 4) is 0 Å². The largest absolute Gasteiger partial charge is 0.383 e. The molecule has 0 saturated carbocycles. The van der Waals surface area contributed by atoms with Crippen molar-refractivity contribution >= 4 is 5.69 Å². The van der Waals surface area contributed by atoms with Crippen LogP contribution in [0.25, 0.3) is 0 Å². The van der Waals surface area contributed by atoms with Gasteiger partial charge in [0.25, 0.3) is 0 Å². The summed E-state index contributed by atoms with van der Waals surface area (Å²) in [6, 6.07) is 4.17. The van der Waals surface area contributed by atoms with Gasteiger partial charge in [0, 0.05) is 24.2 Å². The fourth-order valence-corrected chi connectivity index (χ4v) is 1.27. The van der Waals surface area contributed by atoms with Gasteiger partial charge in [0.1, 0.15) is 0 Å². The first kappa shape index (κ1) is 12.0. The molecular weight excluding hydrogens is 186 g/mol. The molecular formula is C12H21N3. The molecule has 0 saturated heterocycles. The second-order valence-electron chi connectivity index (χ2n) is 4.71. The Hall–Kier alpha value is -1.09. The van der Waals surface area contributed by atoms with Crippen LogP contribution >= 0.6 is 0 Å². The van der Waals surface area contributed by atoms with Crippen LogP contribution in [0.1, 0.15) is 26.5 Å².